The molecule has 3 N–H and O–H groups in total. The molecule has 21 heavy (non-hydrogen) atoms. The third-order valence-electron chi connectivity index (χ3n) is 4.72. The van der Waals surface area contributed by atoms with Gasteiger partial charge in [-0.2, -0.15) is 0 Å². The summed E-state index contributed by atoms with van der Waals surface area (Å²) in [6.45, 7) is 7.58. The number of nitrogens with one attached hydrogen (secondary N) is 2. The number of rotatable bonds is 5. The van der Waals surface area contributed by atoms with Gasteiger partial charge < -0.3 is 15.7 Å². The highest BCUT2D eigenvalue weighted by Gasteiger charge is 2.22. The molecule has 1 aliphatic heterocycles. The number of aliphatic hydroxyl groups excluding tert-OH is 1. The molecule has 1 unspecified atom stereocenters. The smallest absolute Gasteiger partial charge is 0.315 e. The van der Waals surface area contributed by atoms with Gasteiger partial charge in [-0.1, -0.05) is 19.1 Å². The van der Waals surface area contributed by atoms with E-state index in [4.69, 9.17) is 5.11 Å². The van der Waals surface area contributed by atoms with Crippen LogP contribution in [0.3, 0.4) is 0 Å². The maximum absolute atomic E-state index is 11.9. The number of aliphatic hydroxyl groups is 1. The SMILES string of the molecule is CC1CCN(C(C)CNC(=O)N[C@@H]2C=C[C@H](CO)C2)CC1. The number of carbonyl (C=O) groups excluding carboxylic acids is 1. The van der Waals surface area contributed by atoms with Gasteiger partial charge in [0.1, 0.15) is 0 Å². The Balaban J connectivity index is 1.63. The van der Waals surface area contributed by atoms with Crippen molar-refractivity contribution in [2.45, 2.75) is 45.2 Å². The summed E-state index contributed by atoms with van der Waals surface area (Å²) in [5, 5.41) is 15.0. The van der Waals surface area contributed by atoms with Crippen LogP contribution < -0.4 is 10.6 Å². The zero-order valence-electron chi connectivity index (χ0n) is 13.2. The molecule has 5 nitrogen and oxygen atoms in total. The van der Waals surface area contributed by atoms with Crippen LogP contribution in [0.5, 0.6) is 0 Å². The number of hydrogen-bond donors (Lipinski definition) is 3. The number of piperidine rings is 1. The van der Waals surface area contributed by atoms with Crippen LogP contribution in [-0.4, -0.2) is 54.4 Å². The van der Waals surface area contributed by atoms with Gasteiger partial charge in [-0.3, -0.25) is 4.90 Å². The molecular weight excluding hydrogens is 266 g/mol. The van der Waals surface area contributed by atoms with Crippen LogP contribution in [0.4, 0.5) is 4.79 Å². The Kier molecular flexibility index (Phi) is 6.06. The van der Waals surface area contributed by atoms with Crippen LogP contribution >= 0.6 is 0 Å². The fourth-order valence-corrected chi connectivity index (χ4v) is 3.08. The number of nitrogens with zero attached hydrogens (tertiary/aromatic N) is 1. The first-order valence-electron chi connectivity index (χ1n) is 8.16. The van der Waals surface area contributed by atoms with Crippen LogP contribution in [0.1, 0.15) is 33.1 Å². The van der Waals surface area contributed by atoms with Crippen molar-refractivity contribution in [3.63, 3.8) is 0 Å². The summed E-state index contributed by atoms with van der Waals surface area (Å²) in [6.07, 6.45) is 7.25. The Morgan fingerprint density at radius 1 is 1.38 bits per heavy atom. The highest BCUT2D eigenvalue weighted by atomic mass is 16.3. The highest BCUT2D eigenvalue weighted by Crippen LogP contribution is 2.18. The molecular formula is C16H29N3O2. The van der Waals surface area contributed by atoms with Gasteiger partial charge in [0.2, 0.25) is 0 Å². The number of amides is 2. The molecule has 0 bridgehead atoms. The van der Waals surface area contributed by atoms with Crippen molar-refractivity contribution in [1.29, 1.82) is 0 Å². The summed E-state index contributed by atoms with van der Waals surface area (Å²) < 4.78 is 0. The van der Waals surface area contributed by atoms with Gasteiger partial charge >= 0.3 is 6.03 Å². The van der Waals surface area contributed by atoms with Crippen molar-refractivity contribution in [3.8, 4) is 0 Å². The summed E-state index contributed by atoms with van der Waals surface area (Å²) >= 11 is 0. The van der Waals surface area contributed by atoms with E-state index in [0.717, 1.165) is 25.4 Å². The molecule has 120 valence electrons. The second kappa shape index (κ2) is 7.80. The van der Waals surface area contributed by atoms with Gasteiger partial charge in [-0.15, -0.1) is 0 Å². The fourth-order valence-electron chi connectivity index (χ4n) is 3.08. The first-order chi connectivity index (χ1) is 10.1. The summed E-state index contributed by atoms with van der Waals surface area (Å²) in [7, 11) is 0. The lowest BCUT2D eigenvalue weighted by molar-refractivity contribution is 0.145. The summed E-state index contributed by atoms with van der Waals surface area (Å²) in [5.74, 6) is 1.02. The lowest BCUT2D eigenvalue weighted by Crippen LogP contribution is -2.48. The van der Waals surface area contributed by atoms with Crippen LogP contribution in [0, 0.1) is 11.8 Å². The van der Waals surface area contributed by atoms with E-state index in [9.17, 15) is 4.79 Å². The molecule has 1 saturated heterocycles. The average molecular weight is 295 g/mol. The zero-order chi connectivity index (χ0) is 15.2. The van der Waals surface area contributed by atoms with E-state index in [0.29, 0.717) is 12.6 Å². The van der Waals surface area contributed by atoms with E-state index in [1.165, 1.54) is 12.8 Å². The first kappa shape index (κ1) is 16.3. The molecule has 1 heterocycles. The molecule has 1 aliphatic carbocycles. The van der Waals surface area contributed by atoms with Crippen molar-refractivity contribution in [2.24, 2.45) is 11.8 Å². The summed E-state index contributed by atoms with van der Waals surface area (Å²) in [5.41, 5.74) is 0. The molecule has 2 rings (SSSR count). The molecule has 0 aromatic rings. The van der Waals surface area contributed by atoms with Gasteiger partial charge in [0.15, 0.2) is 0 Å². The topological polar surface area (TPSA) is 64.6 Å². The van der Waals surface area contributed by atoms with Gasteiger partial charge in [0.25, 0.3) is 0 Å². The normalized spacial score (nSPS) is 28.5. The Morgan fingerprint density at radius 3 is 2.71 bits per heavy atom. The molecule has 2 aliphatic rings. The maximum Gasteiger partial charge on any atom is 0.315 e. The van der Waals surface area contributed by atoms with E-state index in [1.54, 1.807) is 0 Å². The minimum atomic E-state index is -0.111. The number of carbonyl (C=O) groups is 1. The van der Waals surface area contributed by atoms with Crippen LogP contribution in [0.2, 0.25) is 0 Å². The molecule has 1 fully saturated rings. The third kappa shape index (κ3) is 5.00. The van der Waals surface area contributed by atoms with Crippen molar-refractivity contribution in [1.82, 2.24) is 15.5 Å². The molecule has 0 aromatic carbocycles. The minimum absolute atomic E-state index is 0.0493. The molecule has 2 amide bonds. The number of hydrogen-bond acceptors (Lipinski definition) is 3. The van der Waals surface area contributed by atoms with Gasteiger partial charge in [-0.25, -0.2) is 4.79 Å². The molecule has 5 heteroatoms. The summed E-state index contributed by atoms with van der Waals surface area (Å²) in [4.78, 5) is 14.4. The minimum Gasteiger partial charge on any atom is -0.396 e. The van der Waals surface area contributed by atoms with E-state index >= 15 is 0 Å². The maximum atomic E-state index is 11.9. The van der Waals surface area contributed by atoms with E-state index < -0.39 is 0 Å². The highest BCUT2D eigenvalue weighted by molar-refractivity contribution is 5.74. The summed E-state index contributed by atoms with van der Waals surface area (Å²) in [6, 6.07) is 0.321. The molecule has 0 spiro atoms. The molecule has 0 aromatic heterocycles. The standard InChI is InChI=1S/C16H29N3O2/c1-12-5-7-19(8-6-12)13(2)10-17-16(21)18-15-4-3-14(9-15)11-20/h3-4,12-15,20H,5-11H2,1-2H3,(H2,17,18,21)/t13?,14-,15+/m0/s1. The van der Waals surface area contributed by atoms with Crippen molar-refractivity contribution >= 4 is 6.03 Å². The van der Waals surface area contributed by atoms with Gasteiger partial charge in [0, 0.05) is 31.2 Å². The largest absolute Gasteiger partial charge is 0.396 e. The second-order valence-corrected chi connectivity index (χ2v) is 6.59. The van der Waals surface area contributed by atoms with Crippen molar-refractivity contribution < 1.29 is 9.90 Å². The quantitative estimate of drug-likeness (QED) is 0.671. The Bertz CT molecular complexity index is 365. The molecule has 3 atom stereocenters. The molecule has 0 radical (unpaired) electrons. The van der Waals surface area contributed by atoms with Crippen LogP contribution in [0.15, 0.2) is 12.2 Å². The monoisotopic (exact) mass is 295 g/mol. The van der Waals surface area contributed by atoms with E-state index in [2.05, 4.69) is 29.4 Å². The zero-order valence-corrected chi connectivity index (χ0v) is 13.2. The van der Waals surface area contributed by atoms with Crippen LogP contribution in [0.25, 0.3) is 0 Å². The van der Waals surface area contributed by atoms with E-state index in [-0.39, 0.29) is 24.6 Å². The van der Waals surface area contributed by atoms with Crippen molar-refractivity contribution in [2.75, 3.05) is 26.2 Å². The predicted molar refractivity (Wildman–Crippen MR) is 84.1 cm³/mol. The van der Waals surface area contributed by atoms with Gasteiger partial charge in [0.05, 0.1) is 0 Å². The average Bonchev–Trinajstić information content (AvgIpc) is 2.93. The Morgan fingerprint density at radius 2 is 2.10 bits per heavy atom. The lowest BCUT2D eigenvalue weighted by atomic mass is 9.98. The third-order valence-corrected chi connectivity index (χ3v) is 4.72. The Hall–Kier alpha value is -1.07. The van der Waals surface area contributed by atoms with E-state index in [1.807, 2.05) is 12.2 Å². The Labute approximate surface area is 127 Å². The van der Waals surface area contributed by atoms with Gasteiger partial charge in [-0.05, 0) is 45.2 Å². The first-order valence-corrected chi connectivity index (χ1v) is 8.16. The fraction of sp³-hybridized carbons (Fsp3) is 0.812. The van der Waals surface area contributed by atoms with Crippen molar-refractivity contribution in [3.05, 3.63) is 12.2 Å². The predicted octanol–water partition coefficient (Wildman–Crippen LogP) is 1.34. The second-order valence-electron chi connectivity index (χ2n) is 6.59. The molecule has 0 saturated carbocycles. The number of urea groups is 1. The van der Waals surface area contributed by atoms with Crippen LogP contribution in [-0.2, 0) is 0 Å². The number of likely N-dealkylation sites (tertiary alicyclic amines) is 1. The lowest BCUT2D eigenvalue weighted by Gasteiger charge is -2.35.